The largest absolute Gasteiger partial charge is 0.297 e. The fourth-order valence-corrected chi connectivity index (χ4v) is 3.55. The van der Waals surface area contributed by atoms with Crippen LogP contribution in [0.25, 0.3) is 6.08 Å². The summed E-state index contributed by atoms with van der Waals surface area (Å²) in [5.41, 5.74) is 2.78. The van der Waals surface area contributed by atoms with E-state index in [0.29, 0.717) is 17.1 Å². The van der Waals surface area contributed by atoms with Gasteiger partial charge in [-0.2, -0.15) is 5.26 Å². The second-order valence-electron chi connectivity index (χ2n) is 6.45. The quantitative estimate of drug-likeness (QED) is 0.258. The van der Waals surface area contributed by atoms with Crippen LogP contribution in [0, 0.1) is 21.4 Å². The number of amides is 1. The van der Waals surface area contributed by atoms with Crippen LogP contribution in [0.2, 0.25) is 0 Å². The van der Waals surface area contributed by atoms with Crippen molar-refractivity contribution in [3.63, 3.8) is 0 Å². The van der Waals surface area contributed by atoms with Crippen molar-refractivity contribution in [3.05, 3.63) is 92.0 Å². The molecule has 7 nitrogen and oxygen atoms in total. The normalized spacial score (nSPS) is 11.0. The molecule has 0 atom stereocenters. The average molecular weight is 418 g/mol. The van der Waals surface area contributed by atoms with Crippen molar-refractivity contribution in [1.82, 2.24) is 4.98 Å². The molecule has 8 heteroatoms. The van der Waals surface area contributed by atoms with Crippen molar-refractivity contribution < 1.29 is 9.72 Å². The highest BCUT2D eigenvalue weighted by molar-refractivity contribution is 7.15. The number of nitriles is 1. The number of thiazole rings is 1. The molecule has 3 rings (SSSR count). The standard InChI is InChI=1S/C22H18N4O3S/c1-2-15-3-5-17(6-4-15)12-20-14-24-22(30-20)25-21(27)18(13-23)11-16-7-9-19(10-8-16)26(28)29/h3-11,14H,2,12H2,1H3,(H,24,25,27). The predicted octanol–water partition coefficient (Wildman–Crippen LogP) is 4.75. The van der Waals surface area contributed by atoms with Crippen LogP contribution >= 0.6 is 11.3 Å². The van der Waals surface area contributed by atoms with Gasteiger partial charge in [0, 0.05) is 29.6 Å². The lowest BCUT2D eigenvalue weighted by atomic mass is 10.1. The van der Waals surface area contributed by atoms with Crippen molar-refractivity contribution >= 4 is 34.1 Å². The third-order valence-corrected chi connectivity index (χ3v) is 5.28. The maximum atomic E-state index is 12.4. The first-order valence-corrected chi connectivity index (χ1v) is 10.00. The summed E-state index contributed by atoms with van der Waals surface area (Å²) in [6.45, 7) is 2.11. The Morgan fingerprint density at radius 1 is 1.20 bits per heavy atom. The predicted molar refractivity (Wildman–Crippen MR) is 116 cm³/mol. The van der Waals surface area contributed by atoms with Gasteiger partial charge >= 0.3 is 0 Å². The Morgan fingerprint density at radius 3 is 2.47 bits per heavy atom. The molecule has 0 aliphatic carbocycles. The second kappa shape index (κ2) is 9.58. The summed E-state index contributed by atoms with van der Waals surface area (Å²) in [5.74, 6) is -0.580. The highest BCUT2D eigenvalue weighted by Gasteiger charge is 2.13. The van der Waals surface area contributed by atoms with Gasteiger partial charge in [-0.25, -0.2) is 4.98 Å². The van der Waals surface area contributed by atoms with Crippen molar-refractivity contribution in [2.75, 3.05) is 5.32 Å². The second-order valence-corrected chi connectivity index (χ2v) is 7.57. The third-order valence-electron chi connectivity index (χ3n) is 4.36. The van der Waals surface area contributed by atoms with Crippen LogP contribution in [-0.2, 0) is 17.6 Å². The molecule has 0 radical (unpaired) electrons. The molecule has 0 bridgehead atoms. The first-order chi connectivity index (χ1) is 14.5. The molecule has 1 N–H and O–H groups in total. The van der Waals surface area contributed by atoms with Crippen LogP contribution in [0.15, 0.2) is 60.3 Å². The van der Waals surface area contributed by atoms with Gasteiger partial charge in [0.1, 0.15) is 11.6 Å². The molecule has 0 unspecified atom stereocenters. The molecule has 0 saturated carbocycles. The number of carbonyl (C=O) groups is 1. The topological polar surface area (TPSA) is 109 Å². The molecule has 0 saturated heterocycles. The summed E-state index contributed by atoms with van der Waals surface area (Å²) in [4.78, 5) is 27.8. The van der Waals surface area contributed by atoms with Crippen LogP contribution in [-0.4, -0.2) is 15.8 Å². The number of nitrogens with one attached hydrogen (secondary N) is 1. The van der Waals surface area contributed by atoms with Gasteiger partial charge in [-0.15, -0.1) is 11.3 Å². The smallest absolute Gasteiger partial charge is 0.269 e. The SMILES string of the molecule is CCc1ccc(Cc2cnc(NC(=O)C(C#N)=Cc3ccc([N+](=O)[O-])cc3)s2)cc1. The minimum Gasteiger partial charge on any atom is -0.297 e. The molecule has 1 amide bonds. The zero-order chi connectivity index (χ0) is 21.5. The van der Waals surface area contributed by atoms with Gasteiger partial charge in [-0.3, -0.25) is 20.2 Å². The van der Waals surface area contributed by atoms with Crippen LogP contribution in [0.3, 0.4) is 0 Å². The van der Waals surface area contributed by atoms with Crippen LogP contribution in [0.4, 0.5) is 10.8 Å². The first-order valence-electron chi connectivity index (χ1n) is 9.18. The number of nitro benzene ring substituents is 1. The Balaban J connectivity index is 1.66. The zero-order valence-corrected chi connectivity index (χ0v) is 17.0. The van der Waals surface area contributed by atoms with Crippen molar-refractivity contribution in [3.8, 4) is 6.07 Å². The van der Waals surface area contributed by atoms with E-state index >= 15 is 0 Å². The number of nitro groups is 1. The van der Waals surface area contributed by atoms with Crippen LogP contribution < -0.4 is 5.32 Å². The van der Waals surface area contributed by atoms with Crippen molar-refractivity contribution in [2.45, 2.75) is 19.8 Å². The number of anilines is 1. The summed E-state index contributed by atoms with van der Waals surface area (Å²) >= 11 is 1.35. The number of non-ortho nitro benzene ring substituents is 1. The number of aryl methyl sites for hydroxylation is 1. The summed E-state index contributed by atoms with van der Waals surface area (Å²) in [6, 6.07) is 15.8. The molecule has 0 aliphatic rings. The van der Waals surface area contributed by atoms with E-state index in [2.05, 4.69) is 41.5 Å². The Bertz CT molecular complexity index is 1130. The molecule has 0 fully saturated rings. The van der Waals surface area contributed by atoms with Gasteiger partial charge in [0.15, 0.2) is 5.13 Å². The Hall–Kier alpha value is -3.83. The number of benzene rings is 2. The molecule has 3 aromatic rings. The Morgan fingerprint density at radius 2 is 1.87 bits per heavy atom. The van der Waals surface area contributed by atoms with Gasteiger partial charge < -0.3 is 0 Å². The Kier molecular flexibility index (Phi) is 6.67. The third kappa shape index (κ3) is 5.37. The summed E-state index contributed by atoms with van der Waals surface area (Å²) in [6.07, 6.45) is 4.79. The maximum Gasteiger partial charge on any atom is 0.269 e. The van der Waals surface area contributed by atoms with E-state index in [0.717, 1.165) is 16.9 Å². The number of rotatable bonds is 7. The number of hydrogen-bond donors (Lipinski definition) is 1. The molecule has 0 aliphatic heterocycles. The monoisotopic (exact) mass is 418 g/mol. The highest BCUT2D eigenvalue weighted by atomic mass is 32.1. The molecular formula is C22H18N4O3S. The molecule has 0 spiro atoms. The van der Waals surface area contributed by atoms with Gasteiger partial charge in [-0.1, -0.05) is 31.2 Å². The first kappa shape index (κ1) is 20.9. The zero-order valence-electron chi connectivity index (χ0n) is 16.2. The van der Waals surface area contributed by atoms with Gasteiger partial charge in [-0.05, 0) is 41.3 Å². The lowest BCUT2D eigenvalue weighted by Crippen LogP contribution is -2.13. The molecular weight excluding hydrogens is 400 g/mol. The number of carbonyl (C=O) groups excluding carboxylic acids is 1. The molecule has 150 valence electrons. The number of aromatic nitrogens is 1. The van der Waals surface area contributed by atoms with Gasteiger partial charge in [0.2, 0.25) is 0 Å². The van der Waals surface area contributed by atoms with E-state index in [1.165, 1.54) is 47.2 Å². The lowest BCUT2D eigenvalue weighted by Gasteiger charge is -2.01. The van der Waals surface area contributed by atoms with Crippen molar-refractivity contribution in [1.29, 1.82) is 5.26 Å². The van der Waals surface area contributed by atoms with E-state index in [1.807, 2.05) is 6.07 Å². The van der Waals surface area contributed by atoms with E-state index in [1.54, 1.807) is 6.20 Å². The van der Waals surface area contributed by atoms with Crippen molar-refractivity contribution in [2.24, 2.45) is 0 Å². The number of nitrogens with zero attached hydrogens (tertiary/aromatic N) is 3. The minimum atomic E-state index is -0.580. The molecule has 2 aromatic carbocycles. The Labute approximate surface area is 177 Å². The minimum absolute atomic E-state index is 0.0604. The van der Waals surface area contributed by atoms with E-state index in [9.17, 15) is 20.2 Å². The fourth-order valence-electron chi connectivity index (χ4n) is 2.71. The average Bonchev–Trinajstić information content (AvgIpc) is 3.19. The van der Waals surface area contributed by atoms with E-state index in [4.69, 9.17) is 0 Å². The number of hydrogen-bond acceptors (Lipinski definition) is 6. The fraction of sp³-hybridized carbons (Fsp3) is 0.136. The summed E-state index contributed by atoms with van der Waals surface area (Å²) < 4.78 is 0. The van der Waals surface area contributed by atoms with Gasteiger partial charge in [0.25, 0.3) is 11.6 Å². The van der Waals surface area contributed by atoms with E-state index in [-0.39, 0.29) is 11.3 Å². The maximum absolute atomic E-state index is 12.4. The van der Waals surface area contributed by atoms with Crippen LogP contribution in [0.5, 0.6) is 0 Å². The molecule has 1 aromatic heterocycles. The van der Waals surface area contributed by atoms with Gasteiger partial charge in [0.05, 0.1) is 4.92 Å². The molecule has 30 heavy (non-hydrogen) atoms. The summed E-state index contributed by atoms with van der Waals surface area (Å²) in [5, 5.41) is 23.1. The highest BCUT2D eigenvalue weighted by Crippen LogP contribution is 2.22. The molecule has 1 heterocycles. The lowest BCUT2D eigenvalue weighted by molar-refractivity contribution is -0.384. The van der Waals surface area contributed by atoms with E-state index < -0.39 is 10.8 Å². The summed E-state index contributed by atoms with van der Waals surface area (Å²) in [7, 11) is 0. The van der Waals surface area contributed by atoms with Crippen LogP contribution in [0.1, 0.15) is 28.5 Å².